The van der Waals surface area contributed by atoms with Gasteiger partial charge in [0.1, 0.15) is 0 Å². The number of nitrogens with one attached hydrogen (secondary N) is 2. The molecule has 31 heavy (non-hydrogen) atoms. The molecule has 13 heteroatoms. The van der Waals surface area contributed by atoms with E-state index in [1.54, 1.807) is 6.92 Å². The van der Waals surface area contributed by atoms with Crippen LogP contribution in [-0.4, -0.2) is 34.2 Å². The minimum Gasteiger partial charge on any atom is -0.478 e. The zero-order chi connectivity index (χ0) is 23.9. The van der Waals surface area contributed by atoms with E-state index in [4.69, 9.17) is 5.11 Å². The van der Waals surface area contributed by atoms with Crippen molar-refractivity contribution in [3.05, 3.63) is 52.1 Å². The van der Waals surface area contributed by atoms with Crippen LogP contribution in [0.15, 0.2) is 29.2 Å². The molecule has 170 valence electrons. The summed E-state index contributed by atoms with van der Waals surface area (Å²) in [5.74, 6) is -1.67. The van der Waals surface area contributed by atoms with Crippen molar-refractivity contribution in [1.29, 1.82) is 0 Å². The first-order chi connectivity index (χ1) is 13.9. The summed E-state index contributed by atoms with van der Waals surface area (Å²) in [6, 6.07) is 3.02. The second-order valence-electron chi connectivity index (χ2n) is 6.92. The van der Waals surface area contributed by atoms with Crippen molar-refractivity contribution >= 4 is 37.4 Å². The van der Waals surface area contributed by atoms with E-state index < -0.39 is 49.0 Å². The third-order valence-electron chi connectivity index (χ3n) is 4.22. The zero-order valence-electron chi connectivity index (χ0n) is 16.7. The Morgan fingerprint density at radius 3 is 2.00 bits per heavy atom. The second kappa shape index (κ2) is 8.04. The standard InChI is InChI=1S/C18H19F3N2O6S2/c1-9-5-10(2)16(11(3)15(9)23-30(4,26)27)31(28,29)22-14-7-12(17(24)25)6-13(8-14)18(19,20)21/h5-8,22-23H,1-4H3,(H,24,25). The predicted octanol–water partition coefficient (Wildman–Crippen LogP) is 3.50. The number of carboxylic acid groups (broad SMARTS) is 1. The molecule has 2 aromatic rings. The lowest BCUT2D eigenvalue weighted by Crippen LogP contribution is -2.19. The van der Waals surface area contributed by atoms with Gasteiger partial charge < -0.3 is 5.11 Å². The Kier molecular flexibility index (Phi) is 6.34. The molecule has 2 rings (SSSR count). The van der Waals surface area contributed by atoms with Crippen LogP contribution < -0.4 is 9.44 Å². The van der Waals surface area contributed by atoms with Crippen LogP contribution in [0.25, 0.3) is 0 Å². The average Bonchev–Trinajstić information content (AvgIpc) is 2.55. The van der Waals surface area contributed by atoms with Crippen LogP contribution in [0.4, 0.5) is 24.5 Å². The number of halogens is 3. The number of benzene rings is 2. The van der Waals surface area contributed by atoms with Gasteiger partial charge in [-0.05, 0) is 55.7 Å². The Balaban J connectivity index is 2.66. The number of hydrogen-bond acceptors (Lipinski definition) is 5. The first-order valence-corrected chi connectivity index (χ1v) is 11.9. The average molecular weight is 480 g/mol. The Morgan fingerprint density at radius 1 is 0.935 bits per heavy atom. The van der Waals surface area contributed by atoms with Gasteiger partial charge in [0.15, 0.2) is 0 Å². The van der Waals surface area contributed by atoms with Crippen LogP contribution in [0, 0.1) is 20.8 Å². The highest BCUT2D eigenvalue weighted by Crippen LogP contribution is 2.35. The summed E-state index contributed by atoms with van der Waals surface area (Å²) >= 11 is 0. The van der Waals surface area contributed by atoms with Crippen molar-refractivity contribution < 1.29 is 39.9 Å². The van der Waals surface area contributed by atoms with Crippen molar-refractivity contribution in [3.63, 3.8) is 0 Å². The smallest absolute Gasteiger partial charge is 0.416 e. The Labute approximate surface area is 177 Å². The summed E-state index contributed by atoms with van der Waals surface area (Å²) < 4.78 is 92.8. The summed E-state index contributed by atoms with van der Waals surface area (Å²) in [4.78, 5) is 10.8. The molecule has 0 aliphatic heterocycles. The molecule has 8 nitrogen and oxygen atoms in total. The molecule has 0 heterocycles. The second-order valence-corrected chi connectivity index (χ2v) is 10.3. The highest BCUT2D eigenvalue weighted by atomic mass is 32.2. The number of alkyl halides is 3. The lowest BCUT2D eigenvalue weighted by atomic mass is 10.1. The molecule has 0 saturated heterocycles. The number of hydrogen-bond donors (Lipinski definition) is 3. The minimum atomic E-state index is -4.91. The fourth-order valence-electron chi connectivity index (χ4n) is 3.10. The maximum Gasteiger partial charge on any atom is 0.416 e. The fourth-order valence-corrected chi connectivity index (χ4v) is 5.31. The fraction of sp³-hybridized carbons (Fsp3) is 0.278. The molecule has 0 spiro atoms. The van der Waals surface area contributed by atoms with Crippen LogP contribution in [0.1, 0.15) is 32.6 Å². The summed E-state index contributed by atoms with van der Waals surface area (Å²) in [5, 5.41) is 9.07. The van der Waals surface area contributed by atoms with Gasteiger partial charge in [-0.25, -0.2) is 21.6 Å². The largest absolute Gasteiger partial charge is 0.478 e. The van der Waals surface area contributed by atoms with Gasteiger partial charge in [0.05, 0.1) is 33.7 Å². The van der Waals surface area contributed by atoms with E-state index in [-0.39, 0.29) is 21.7 Å². The van der Waals surface area contributed by atoms with Crippen molar-refractivity contribution in [2.24, 2.45) is 0 Å². The highest BCUT2D eigenvalue weighted by molar-refractivity contribution is 7.93. The van der Waals surface area contributed by atoms with Crippen LogP contribution in [0.3, 0.4) is 0 Å². The zero-order valence-corrected chi connectivity index (χ0v) is 18.4. The third kappa shape index (κ3) is 5.67. The number of sulfonamides is 2. The number of rotatable bonds is 6. The Morgan fingerprint density at radius 2 is 1.52 bits per heavy atom. The number of carboxylic acids is 1. The molecule has 0 unspecified atom stereocenters. The van der Waals surface area contributed by atoms with Crippen LogP contribution in [0.2, 0.25) is 0 Å². The van der Waals surface area contributed by atoms with Gasteiger partial charge in [-0.15, -0.1) is 0 Å². The van der Waals surface area contributed by atoms with Gasteiger partial charge in [-0.2, -0.15) is 13.2 Å². The van der Waals surface area contributed by atoms with E-state index in [0.717, 1.165) is 12.3 Å². The number of carbonyl (C=O) groups is 1. The van der Waals surface area contributed by atoms with E-state index in [1.807, 2.05) is 4.72 Å². The quantitative estimate of drug-likeness (QED) is 0.580. The summed E-state index contributed by atoms with van der Waals surface area (Å²) in [6.45, 7) is 4.34. The molecule has 0 saturated carbocycles. The molecule has 0 fully saturated rings. The normalized spacial score (nSPS) is 12.5. The number of anilines is 2. The van der Waals surface area contributed by atoms with Gasteiger partial charge in [0.25, 0.3) is 10.0 Å². The van der Waals surface area contributed by atoms with Crippen molar-refractivity contribution in [1.82, 2.24) is 0 Å². The molecule has 0 aliphatic carbocycles. The lowest BCUT2D eigenvalue weighted by Gasteiger charge is -2.19. The molecule has 0 amide bonds. The van der Waals surface area contributed by atoms with Gasteiger partial charge >= 0.3 is 12.1 Å². The molecule has 0 radical (unpaired) electrons. The molecule has 0 bridgehead atoms. The molecular formula is C18H19F3N2O6S2. The van der Waals surface area contributed by atoms with Crippen molar-refractivity contribution in [2.75, 3.05) is 15.7 Å². The highest BCUT2D eigenvalue weighted by Gasteiger charge is 2.33. The van der Waals surface area contributed by atoms with Crippen LogP contribution in [0.5, 0.6) is 0 Å². The first kappa shape index (κ1) is 24.5. The lowest BCUT2D eigenvalue weighted by molar-refractivity contribution is -0.137. The van der Waals surface area contributed by atoms with Gasteiger partial charge in [0.2, 0.25) is 10.0 Å². The van der Waals surface area contributed by atoms with Gasteiger partial charge in [-0.1, -0.05) is 6.07 Å². The van der Waals surface area contributed by atoms with Gasteiger partial charge in [0, 0.05) is 0 Å². The molecule has 0 atom stereocenters. The van der Waals surface area contributed by atoms with E-state index in [1.165, 1.54) is 19.9 Å². The van der Waals surface area contributed by atoms with E-state index in [0.29, 0.717) is 17.7 Å². The first-order valence-electron chi connectivity index (χ1n) is 8.49. The third-order valence-corrected chi connectivity index (χ3v) is 6.46. The number of aromatic carboxylic acids is 1. The molecule has 0 aromatic heterocycles. The van der Waals surface area contributed by atoms with Crippen molar-refractivity contribution in [3.8, 4) is 0 Å². The molecule has 0 aliphatic rings. The molecular weight excluding hydrogens is 461 g/mol. The monoisotopic (exact) mass is 480 g/mol. The number of aryl methyl sites for hydroxylation is 2. The predicted molar refractivity (Wildman–Crippen MR) is 108 cm³/mol. The summed E-state index contributed by atoms with van der Waals surface area (Å²) in [7, 11) is -8.27. The van der Waals surface area contributed by atoms with Gasteiger partial charge in [-0.3, -0.25) is 9.44 Å². The maximum absolute atomic E-state index is 13.1. The van der Waals surface area contributed by atoms with Crippen molar-refractivity contribution in [2.45, 2.75) is 31.8 Å². The molecule has 2 aromatic carbocycles. The maximum atomic E-state index is 13.1. The van der Waals surface area contributed by atoms with Crippen LogP contribution >= 0.6 is 0 Å². The Bertz CT molecular complexity index is 1270. The summed E-state index contributed by atoms with van der Waals surface area (Å²) in [6.07, 6.45) is -4.03. The summed E-state index contributed by atoms with van der Waals surface area (Å²) in [5.41, 5.74) is -2.02. The SMILES string of the molecule is Cc1cc(C)c(S(=O)(=O)Nc2cc(C(=O)O)cc(C(F)(F)F)c2)c(C)c1NS(C)(=O)=O. The molecule has 3 N–H and O–H groups in total. The minimum absolute atomic E-state index is 0.0174. The Hall–Kier alpha value is -2.80. The van der Waals surface area contributed by atoms with E-state index in [2.05, 4.69) is 4.72 Å². The van der Waals surface area contributed by atoms with Crippen LogP contribution in [-0.2, 0) is 26.2 Å². The van der Waals surface area contributed by atoms with E-state index in [9.17, 15) is 34.8 Å². The topological polar surface area (TPSA) is 130 Å². The van der Waals surface area contributed by atoms with E-state index >= 15 is 0 Å².